The fourth-order valence-corrected chi connectivity index (χ4v) is 3.35. The second kappa shape index (κ2) is 8.07. The highest BCUT2D eigenvalue weighted by Gasteiger charge is 2.16. The molecule has 4 aromatic rings. The Kier molecular flexibility index (Phi) is 5.16. The number of para-hydroxylation sites is 1. The maximum Gasteiger partial charge on any atom is 0.269 e. The number of ketones is 1. The van der Waals surface area contributed by atoms with Crippen LogP contribution in [0, 0.1) is 10.1 Å². The Morgan fingerprint density at radius 2 is 1.83 bits per heavy atom. The number of nitro groups is 1. The standard InChI is InChI=1S/C19H13N5O4S/c25-16(12-29-19-20-21-22-23(19)14-4-2-1-3-5-14)18-11-10-17(28-18)13-6-8-15(9-7-13)24(26)27/h1-11H,12H2. The minimum atomic E-state index is -0.471. The molecule has 29 heavy (non-hydrogen) atoms. The summed E-state index contributed by atoms with van der Waals surface area (Å²) in [7, 11) is 0. The lowest BCUT2D eigenvalue weighted by molar-refractivity contribution is -0.384. The van der Waals surface area contributed by atoms with Gasteiger partial charge in [-0.2, -0.15) is 4.68 Å². The number of thioether (sulfide) groups is 1. The van der Waals surface area contributed by atoms with Gasteiger partial charge in [0.05, 0.1) is 16.4 Å². The Balaban J connectivity index is 1.44. The van der Waals surface area contributed by atoms with E-state index in [4.69, 9.17) is 4.42 Å². The van der Waals surface area contributed by atoms with E-state index in [0.717, 1.165) is 5.69 Å². The summed E-state index contributed by atoms with van der Waals surface area (Å²) >= 11 is 1.20. The number of aromatic nitrogens is 4. The number of non-ortho nitro benzene ring substituents is 1. The predicted octanol–water partition coefficient (Wildman–Crippen LogP) is 3.81. The maximum atomic E-state index is 12.5. The van der Waals surface area contributed by atoms with E-state index in [9.17, 15) is 14.9 Å². The van der Waals surface area contributed by atoms with Crippen LogP contribution in [-0.4, -0.2) is 36.7 Å². The lowest BCUT2D eigenvalue weighted by Crippen LogP contribution is -2.04. The lowest BCUT2D eigenvalue weighted by atomic mass is 10.1. The van der Waals surface area contributed by atoms with Gasteiger partial charge >= 0.3 is 0 Å². The highest BCUT2D eigenvalue weighted by atomic mass is 32.2. The molecule has 0 aliphatic heterocycles. The van der Waals surface area contributed by atoms with Gasteiger partial charge in [0.1, 0.15) is 5.76 Å². The minimum absolute atomic E-state index is 0.0101. The monoisotopic (exact) mass is 407 g/mol. The van der Waals surface area contributed by atoms with Crippen LogP contribution >= 0.6 is 11.8 Å². The number of nitro benzene ring substituents is 1. The third kappa shape index (κ3) is 4.06. The van der Waals surface area contributed by atoms with E-state index < -0.39 is 4.92 Å². The van der Waals surface area contributed by atoms with Crippen LogP contribution in [0.25, 0.3) is 17.0 Å². The molecule has 0 bridgehead atoms. The van der Waals surface area contributed by atoms with E-state index in [-0.39, 0.29) is 23.0 Å². The molecule has 0 fully saturated rings. The third-order valence-electron chi connectivity index (χ3n) is 4.02. The first kappa shape index (κ1) is 18.6. The van der Waals surface area contributed by atoms with E-state index in [1.54, 1.807) is 28.9 Å². The second-order valence-electron chi connectivity index (χ2n) is 5.89. The molecule has 144 valence electrons. The van der Waals surface area contributed by atoms with E-state index in [1.807, 2.05) is 30.3 Å². The fraction of sp³-hybridized carbons (Fsp3) is 0.0526. The molecule has 0 radical (unpaired) electrons. The van der Waals surface area contributed by atoms with E-state index in [0.29, 0.717) is 16.5 Å². The van der Waals surface area contributed by atoms with Crippen molar-refractivity contribution in [3.05, 3.63) is 82.6 Å². The molecule has 0 saturated heterocycles. The molecule has 0 aliphatic carbocycles. The van der Waals surface area contributed by atoms with Crippen LogP contribution in [0.3, 0.4) is 0 Å². The Bertz CT molecular complexity index is 1150. The van der Waals surface area contributed by atoms with Gasteiger partial charge in [-0.25, -0.2) is 0 Å². The van der Waals surface area contributed by atoms with Crippen molar-refractivity contribution in [3.63, 3.8) is 0 Å². The van der Waals surface area contributed by atoms with Gasteiger partial charge in [-0.15, -0.1) is 5.10 Å². The lowest BCUT2D eigenvalue weighted by Gasteiger charge is -2.03. The van der Waals surface area contributed by atoms with Crippen molar-refractivity contribution >= 4 is 23.2 Å². The Morgan fingerprint density at radius 1 is 1.07 bits per heavy atom. The normalized spacial score (nSPS) is 10.8. The number of carbonyl (C=O) groups excluding carboxylic acids is 1. The number of rotatable bonds is 7. The highest BCUT2D eigenvalue weighted by molar-refractivity contribution is 7.99. The summed E-state index contributed by atoms with van der Waals surface area (Å²) < 4.78 is 7.18. The number of tetrazole rings is 1. The van der Waals surface area contributed by atoms with Crippen LogP contribution < -0.4 is 0 Å². The number of carbonyl (C=O) groups is 1. The first-order valence-corrected chi connectivity index (χ1v) is 9.45. The quantitative estimate of drug-likeness (QED) is 0.196. The zero-order valence-electron chi connectivity index (χ0n) is 14.8. The van der Waals surface area contributed by atoms with Crippen molar-refractivity contribution in [3.8, 4) is 17.0 Å². The summed E-state index contributed by atoms with van der Waals surface area (Å²) in [4.78, 5) is 22.8. The SMILES string of the molecule is O=C(CSc1nnnn1-c1ccccc1)c1ccc(-c2ccc([N+](=O)[O-])cc2)o1. The first-order chi connectivity index (χ1) is 14.1. The molecule has 2 aromatic carbocycles. The molecule has 9 nitrogen and oxygen atoms in total. The van der Waals surface area contributed by atoms with Gasteiger partial charge in [-0.3, -0.25) is 14.9 Å². The maximum absolute atomic E-state index is 12.5. The second-order valence-corrected chi connectivity index (χ2v) is 6.83. The van der Waals surface area contributed by atoms with E-state index >= 15 is 0 Å². The largest absolute Gasteiger partial charge is 0.453 e. The number of furan rings is 1. The van der Waals surface area contributed by atoms with Gasteiger partial charge in [0.2, 0.25) is 10.9 Å². The van der Waals surface area contributed by atoms with Crippen molar-refractivity contribution in [2.24, 2.45) is 0 Å². The van der Waals surface area contributed by atoms with E-state index in [1.165, 1.54) is 23.9 Å². The van der Waals surface area contributed by atoms with E-state index in [2.05, 4.69) is 15.5 Å². The molecule has 0 unspecified atom stereocenters. The average molecular weight is 407 g/mol. The minimum Gasteiger partial charge on any atom is -0.453 e. The van der Waals surface area contributed by atoms with Crippen molar-refractivity contribution in [1.82, 2.24) is 20.2 Å². The highest BCUT2D eigenvalue weighted by Crippen LogP contribution is 2.26. The van der Waals surface area contributed by atoms with Crippen LogP contribution in [0.1, 0.15) is 10.6 Å². The van der Waals surface area contributed by atoms with Gasteiger partial charge in [-0.05, 0) is 46.8 Å². The Hall–Kier alpha value is -3.79. The van der Waals surface area contributed by atoms with Crippen LogP contribution in [-0.2, 0) is 0 Å². The molecule has 0 spiro atoms. The summed E-state index contributed by atoms with van der Waals surface area (Å²) in [5, 5.41) is 22.8. The van der Waals surface area contributed by atoms with Crippen molar-refractivity contribution in [2.75, 3.05) is 5.75 Å². The third-order valence-corrected chi connectivity index (χ3v) is 4.94. The Labute approximate surface area is 168 Å². The Morgan fingerprint density at radius 3 is 2.55 bits per heavy atom. The number of Topliss-reactive ketones (excluding diaryl/α,β-unsaturated/α-hetero) is 1. The van der Waals surface area contributed by atoms with Gasteiger partial charge in [-0.1, -0.05) is 30.0 Å². The number of nitrogens with zero attached hydrogens (tertiary/aromatic N) is 5. The fourth-order valence-electron chi connectivity index (χ4n) is 2.59. The topological polar surface area (TPSA) is 117 Å². The van der Waals surface area contributed by atoms with Crippen LogP contribution in [0.5, 0.6) is 0 Å². The van der Waals surface area contributed by atoms with Gasteiger partial charge < -0.3 is 4.42 Å². The molecule has 0 aliphatic rings. The molecule has 10 heteroatoms. The summed E-state index contributed by atoms with van der Waals surface area (Å²) in [6, 6.07) is 18.5. The van der Waals surface area contributed by atoms with Gasteiger partial charge in [0, 0.05) is 17.7 Å². The molecule has 2 aromatic heterocycles. The van der Waals surface area contributed by atoms with Crippen LogP contribution in [0.15, 0.2) is 76.3 Å². The molecule has 0 atom stereocenters. The van der Waals surface area contributed by atoms with Crippen molar-refractivity contribution in [1.29, 1.82) is 0 Å². The zero-order chi connectivity index (χ0) is 20.2. The van der Waals surface area contributed by atoms with Gasteiger partial charge in [0.25, 0.3) is 5.69 Å². The van der Waals surface area contributed by atoms with Crippen molar-refractivity contribution in [2.45, 2.75) is 5.16 Å². The first-order valence-electron chi connectivity index (χ1n) is 8.46. The summed E-state index contributed by atoms with van der Waals surface area (Å²) in [5.41, 5.74) is 1.44. The summed E-state index contributed by atoms with van der Waals surface area (Å²) in [6.45, 7) is 0. The molecule has 2 heterocycles. The number of benzene rings is 2. The molecule has 0 saturated carbocycles. The van der Waals surface area contributed by atoms with Crippen LogP contribution in [0.2, 0.25) is 0 Å². The molecule has 0 N–H and O–H groups in total. The summed E-state index contributed by atoms with van der Waals surface area (Å²) in [6.07, 6.45) is 0. The number of hydrogen-bond acceptors (Lipinski definition) is 8. The molecule has 4 rings (SSSR count). The molecular formula is C19H13N5O4S. The average Bonchev–Trinajstić information content (AvgIpc) is 3.42. The molecular weight excluding hydrogens is 394 g/mol. The predicted molar refractivity (Wildman–Crippen MR) is 105 cm³/mol. The molecule has 0 amide bonds. The van der Waals surface area contributed by atoms with Crippen molar-refractivity contribution < 1.29 is 14.1 Å². The number of hydrogen-bond donors (Lipinski definition) is 0. The van der Waals surface area contributed by atoms with Crippen LogP contribution in [0.4, 0.5) is 5.69 Å². The zero-order valence-corrected chi connectivity index (χ0v) is 15.7. The smallest absolute Gasteiger partial charge is 0.269 e. The van der Waals surface area contributed by atoms with Gasteiger partial charge in [0.15, 0.2) is 5.76 Å². The summed E-state index contributed by atoms with van der Waals surface area (Å²) in [5.74, 6) is 0.540.